The van der Waals surface area contributed by atoms with Gasteiger partial charge in [-0.05, 0) is 36.5 Å². The molecule has 5 heteroatoms. The molecule has 0 saturated carbocycles. The molecule has 2 amide bonds. The van der Waals surface area contributed by atoms with Crippen LogP contribution in [0.1, 0.15) is 32.8 Å². The molecule has 1 unspecified atom stereocenters. The number of nitrogens with zero attached hydrogens (tertiary/aromatic N) is 1. The molecule has 1 aromatic heterocycles. The Morgan fingerprint density at radius 1 is 1.13 bits per heavy atom. The number of anilines is 1. The molecule has 0 aliphatic carbocycles. The minimum absolute atomic E-state index is 0.0115. The monoisotopic (exact) mass is 312 g/mol. The first-order valence-electron chi connectivity index (χ1n) is 7.76. The van der Waals surface area contributed by atoms with Gasteiger partial charge in [0, 0.05) is 12.2 Å². The van der Waals surface area contributed by atoms with Gasteiger partial charge in [0.05, 0.1) is 0 Å². The summed E-state index contributed by atoms with van der Waals surface area (Å²) >= 11 is 0. The Hall–Kier alpha value is -2.56. The molecule has 122 valence electrons. The highest BCUT2D eigenvalue weighted by Gasteiger charge is 2.23. The number of nitrogens with one attached hydrogen (secondary N) is 3. The van der Waals surface area contributed by atoms with E-state index < -0.39 is 0 Å². The predicted octanol–water partition coefficient (Wildman–Crippen LogP) is 3.46. The zero-order valence-corrected chi connectivity index (χ0v) is 13.8. The van der Waals surface area contributed by atoms with Crippen LogP contribution in [0.2, 0.25) is 0 Å². The Morgan fingerprint density at radius 3 is 2.48 bits per heavy atom. The second kappa shape index (κ2) is 7.63. The number of urea groups is 1. The summed E-state index contributed by atoms with van der Waals surface area (Å²) < 4.78 is 0. The molecule has 0 aliphatic heterocycles. The lowest BCUT2D eigenvalue weighted by molar-refractivity contribution is 0.237. The summed E-state index contributed by atoms with van der Waals surface area (Å²) in [6.45, 7) is 6.38. The van der Waals surface area contributed by atoms with Gasteiger partial charge in [-0.25, -0.2) is 9.78 Å². The van der Waals surface area contributed by atoms with Gasteiger partial charge in [0.25, 0.3) is 0 Å². The number of carbonyl (C=O) groups is 1. The second-order valence-corrected chi connectivity index (χ2v) is 6.29. The van der Waals surface area contributed by atoms with E-state index >= 15 is 0 Å². The molecule has 0 saturated heterocycles. The molecule has 0 bridgehead atoms. The summed E-state index contributed by atoms with van der Waals surface area (Å²) in [4.78, 5) is 16.0. The van der Waals surface area contributed by atoms with Crippen molar-refractivity contribution in [1.82, 2.24) is 15.7 Å². The fourth-order valence-electron chi connectivity index (χ4n) is 2.64. The highest BCUT2D eigenvalue weighted by molar-refractivity contribution is 5.75. The van der Waals surface area contributed by atoms with Gasteiger partial charge >= 0.3 is 6.03 Å². The number of carbonyl (C=O) groups excluding carboxylic acids is 1. The van der Waals surface area contributed by atoms with E-state index in [2.05, 4.69) is 47.1 Å². The van der Waals surface area contributed by atoms with E-state index in [9.17, 15) is 4.79 Å². The molecule has 2 aromatic rings. The van der Waals surface area contributed by atoms with Crippen LogP contribution in [0.3, 0.4) is 0 Å². The lowest BCUT2D eigenvalue weighted by atomic mass is 9.79. The molecule has 1 atom stereocenters. The van der Waals surface area contributed by atoms with Gasteiger partial charge < -0.3 is 5.32 Å². The number of amides is 2. The Morgan fingerprint density at radius 2 is 1.83 bits per heavy atom. The number of pyridine rings is 1. The maximum absolute atomic E-state index is 11.9. The third kappa shape index (κ3) is 5.29. The molecule has 0 fully saturated rings. The van der Waals surface area contributed by atoms with Gasteiger partial charge in [0.1, 0.15) is 5.82 Å². The number of hydrazine groups is 1. The SMILES string of the molecule is CC(CC(C)(C)c1ccccc1)NC(=O)NNc1ccccn1. The topological polar surface area (TPSA) is 66.1 Å². The molecule has 23 heavy (non-hydrogen) atoms. The van der Waals surface area contributed by atoms with Crippen LogP contribution in [0, 0.1) is 0 Å². The third-order valence-corrected chi connectivity index (χ3v) is 3.72. The first kappa shape index (κ1) is 16.8. The largest absolute Gasteiger partial charge is 0.334 e. The van der Waals surface area contributed by atoms with Crippen molar-refractivity contribution < 1.29 is 4.79 Å². The van der Waals surface area contributed by atoms with Crippen molar-refractivity contribution >= 4 is 11.8 Å². The normalized spacial score (nSPS) is 12.3. The smallest absolute Gasteiger partial charge is 0.333 e. The fraction of sp³-hybridized carbons (Fsp3) is 0.333. The van der Waals surface area contributed by atoms with Gasteiger partial charge in [-0.1, -0.05) is 50.2 Å². The summed E-state index contributed by atoms with van der Waals surface area (Å²) in [5.74, 6) is 0.597. The first-order valence-corrected chi connectivity index (χ1v) is 7.76. The van der Waals surface area contributed by atoms with Gasteiger partial charge in [0.15, 0.2) is 0 Å². The van der Waals surface area contributed by atoms with Crippen molar-refractivity contribution in [3.05, 3.63) is 60.3 Å². The quantitative estimate of drug-likeness (QED) is 0.716. The summed E-state index contributed by atoms with van der Waals surface area (Å²) in [7, 11) is 0. The van der Waals surface area contributed by atoms with Gasteiger partial charge in [-0.2, -0.15) is 0 Å². The van der Waals surface area contributed by atoms with Crippen molar-refractivity contribution in [2.75, 3.05) is 5.43 Å². The fourth-order valence-corrected chi connectivity index (χ4v) is 2.64. The Labute approximate surface area is 137 Å². The van der Waals surface area contributed by atoms with Gasteiger partial charge in [-0.15, -0.1) is 0 Å². The van der Waals surface area contributed by atoms with Crippen molar-refractivity contribution in [3.63, 3.8) is 0 Å². The van der Waals surface area contributed by atoms with E-state index in [0.29, 0.717) is 5.82 Å². The van der Waals surface area contributed by atoms with E-state index in [1.54, 1.807) is 12.3 Å². The summed E-state index contributed by atoms with van der Waals surface area (Å²) in [6.07, 6.45) is 2.50. The van der Waals surface area contributed by atoms with E-state index in [1.165, 1.54) is 5.56 Å². The van der Waals surface area contributed by atoms with Crippen LogP contribution in [0.5, 0.6) is 0 Å². The zero-order chi connectivity index (χ0) is 16.7. The Kier molecular flexibility index (Phi) is 5.57. The number of rotatable bonds is 6. The minimum Gasteiger partial charge on any atom is -0.334 e. The first-order chi connectivity index (χ1) is 11.0. The van der Waals surface area contributed by atoms with Crippen LogP contribution in [-0.4, -0.2) is 17.1 Å². The minimum atomic E-state index is -0.271. The van der Waals surface area contributed by atoms with Crippen LogP contribution < -0.4 is 16.2 Å². The van der Waals surface area contributed by atoms with E-state index in [0.717, 1.165) is 6.42 Å². The molecule has 0 spiro atoms. The van der Waals surface area contributed by atoms with Crippen LogP contribution in [0.4, 0.5) is 10.6 Å². The molecule has 2 rings (SSSR count). The van der Waals surface area contributed by atoms with Crippen molar-refractivity contribution in [1.29, 1.82) is 0 Å². The summed E-state index contributed by atoms with van der Waals surface area (Å²) in [5.41, 5.74) is 6.62. The van der Waals surface area contributed by atoms with Crippen LogP contribution in [0.25, 0.3) is 0 Å². The summed E-state index contributed by atoms with van der Waals surface area (Å²) in [5, 5.41) is 2.94. The Bertz CT molecular complexity index is 613. The molecule has 0 aliphatic rings. The molecular formula is C18H24N4O. The number of hydrogen-bond acceptors (Lipinski definition) is 3. The standard InChI is InChI=1S/C18H24N4O/c1-14(13-18(2,3)15-9-5-4-6-10-15)20-17(23)22-21-16-11-7-8-12-19-16/h4-12,14H,13H2,1-3H3,(H,19,21)(H2,20,22,23). The van der Waals surface area contributed by atoms with Crippen LogP contribution in [0.15, 0.2) is 54.7 Å². The molecule has 1 heterocycles. The third-order valence-electron chi connectivity index (χ3n) is 3.72. The zero-order valence-electron chi connectivity index (χ0n) is 13.8. The molecule has 0 radical (unpaired) electrons. The highest BCUT2D eigenvalue weighted by Crippen LogP contribution is 2.27. The van der Waals surface area contributed by atoms with Gasteiger partial charge in [0.2, 0.25) is 0 Å². The van der Waals surface area contributed by atoms with E-state index in [4.69, 9.17) is 0 Å². The lowest BCUT2D eigenvalue weighted by Gasteiger charge is -2.29. The van der Waals surface area contributed by atoms with Crippen molar-refractivity contribution in [2.24, 2.45) is 0 Å². The number of aromatic nitrogens is 1. The molecule has 3 N–H and O–H groups in total. The highest BCUT2D eigenvalue weighted by atomic mass is 16.2. The van der Waals surface area contributed by atoms with E-state index in [-0.39, 0.29) is 17.5 Å². The van der Waals surface area contributed by atoms with Gasteiger partial charge in [-0.3, -0.25) is 10.9 Å². The molecule has 5 nitrogen and oxygen atoms in total. The van der Waals surface area contributed by atoms with Crippen molar-refractivity contribution in [3.8, 4) is 0 Å². The maximum Gasteiger partial charge on any atom is 0.333 e. The van der Waals surface area contributed by atoms with Crippen LogP contribution >= 0.6 is 0 Å². The average Bonchev–Trinajstić information content (AvgIpc) is 2.54. The molecular weight excluding hydrogens is 288 g/mol. The van der Waals surface area contributed by atoms with Crippen LogP contribution in [-0.2, 0) is 5.41 Å². The molecule has 1 aromatic carbocycles. The van der Waals surface area contributed by atoms with E-state index in [1.807, 2.05) is 37.3 Å². The Balaban J connectivity index is 1.82. The van der Waals surface area contributed by atoms with Crippen molar-refractivity contribution in [2.45, 2.75) is 38.6 Å². The predicted molar refractivity (Wildman–Crippen MR) is 93.1 cm³/mol. The number of hydrogen-bond donors (Lipinski definition) is 3. The average molecular weight is 312 g/mol. The second-order valence-electron chi connectivity index (χ2n) is 6.29. The summed E-state index contributed by atoms with van der Waals surface area (Å²) in [6, 6.07) is 15.5. The maximum atomic E-state index is 11.9. The number of benzene rings is 1. The lowest BCUT2D eigenvalue weighted by Crippen LogP contribution is -2.45.